The van der Waals surface area contributed by atoms with Crippen LogP contribution in [0.15, 0.2) is 29.4 Å². The molecule has 0 unspecified atom stereocenters. The van der Waals surface area contributed by atoms with Crippen molar-refractivity contribution in [2.75, 3.05) is 10.7 Å². The molecule has 1 aromatic heterocycles. The lowest BCUT2D eigenvalue weighted by atomic mass is 10.3. The molecule has 0 aliphatic rings. The Morgan fingerprint density at radius 2 is 2.23 bits per heavy atom. The van der Waals surface area contributed by atoms with E-state index in [9.17, 15) is 4.79 Å². The molecule has 22 heavy (non-hydrogen) atoms. The quantitative estimate of drug-likeness (QED) is 0.469. The minimum atomic E-state index is -0.707. The highest BCUT2D eigenvalue weighted by Crippen LogP contribution is 2.32. The largest absolute Gasteiger partial charge is 0.351 e. The van der Waals surface area contributed by atoms with Gasteiger partial charge in [-0.2, -0.15) is 9.07 Å². The van der Waals surface area contributed by atoms with Crippen molar-refractivity contribution in [3.05, 3.63) is 29.3 Å². The zero-order valence-electron chi connectivity index (χ0n) is 11.9. The van der Waals surface area contributed by atoms with Gasteiger partial charge in [-0.3, -0.25) is 0 Å². The number of hydrogen-bond acceptors (Lipinski definition) is 5. The molecule has 2 amide bonds. The molecule has 0 atom stereocenters. The number of carbonyl (C=O) groups is 1. The van der Waals surface area contributed by atoms with E-state index in [1.54, 1.807) is 24.3 Å². The minimum Gasteiger partial charge on any atom is -0.351 e. The van der Waals surface area contributed by atoms with E-state index in [0.717, 1.165) is 18.6 Å². The molecule has 0 spiro atoms. The van der Waals surface area contributed by atoms with Crippen LogP contribution in [0.1, 0.15) is 19.8 Å². The van der Waals surface area contributed by atoms with Crippen LogP contribution in [-0.4, -0.2) is 26.0 Å². The standard InChI is InChI=1S/C13H16ClN5OS2/c1-2-3-8-22-12-16-13(19(21)17-12)18(11(15)20)10-7-5-4-6-9(10)14/h4-7,21H,2-3,8H2,1H3,(H2,15,20). The van der Waals surface area contributed by atoms with Crippen molar-refractivity contribution in [3.8, 4) is 0 Å². The third-order valence-electron chi connectivity index (χ3n) is 2.80. The smallest absolute Gasteiger partial charge is 0.326 e. The van der Waals surface area contributed by atoms with Crippen molar-refractivity contribution in [1.29, 1.82) is 0 Å². The van der Waals surface area contributed by atoms with Crippen molar-refractivity contribution in [1.82, 2.24) is 14.2 Å². The molecule has 2 N–H and O–H groups in total. The SMILES string of the molecule is CCCCSc1nc(N(C(N)=O)c2ccccc2Cl)n(S)n1. The van der Waals surface area contributed by atoms with Gasteiger partial charge in [-0.05, 0) is 31.4 Å². The van der Waals surface area contributed by atoms with Gasteiger partial charge in [-0.25, -0.2) is 9.69 Å². The second-order valence-electron chi connectivity index (χ2n) is 4.41. The third-order valence-corrected chi connectivity index (χ3v) is 4.31. The van der Waals surface area contributed by atoms with Crippen molar-refractivity contribution in [2.24, 2.45) is 5.73 Å². The van der Waals surface area contributed by atoms with Gasteiger partial charge >= 0.3 is 6.03 Å². The van der Waals surface area contributed by atoms with Gasteiger partial charge in [-0.1, -0.05) is 48.8 Å². The molecule has 0 aliphatic heterocycles. The number of primary amides is 1. The maximum absolute atomic E-state index is 11.8. The molecular weight excluding hydrogens is 342 g/mol. The van der Waals surface area contributed by atoms with Crippen LogP contribution >= 0.6 is 36.2 Å². The summed E-state index contributed by atoms with van der Waals surface area (Å²) < 4.78 is 1.22. The summed E-state index contributed by atoms with van der Waals surface area (Å²) in [7, 11) is 0. The van der Waals surface area contributed by atoms with E-state index in [1.165, 1.54) is 20.7 Å². The lowest BCUT2D eigenvalue weighted by Crippen LogP contribution is -2.33. The zero-order valence-corrected chi connectivity index (χ0v) is 14.4. The molecule has 0 bridgehead atoms. The van der Waals surface area contributed by atoms with E-state index in [0.29, 0.717) is 15.9 Å². The number of nitrogens with zero attached hydrogens (tertiary/aromatic N) is 4. The molecular formula is C13H16ClN5OS2. The number of halogens is 1. The highest BCUT2D eigenvalue weighted by molar-refractivity contribution is 7.99. The first-order valence-corrected chi connectivity index (χ1v) is 8.44. The van der Waals surface area contributed by atoms with E-state index in [2.05, 4.69) is 29.8 Å². The van der Waals surface area contributed by atoms with Crippen molar-refractivity contribution in [2.45, 2.75) is 24.9 Å². The molecule has 6 nitrogen and oxygen atoms in total. The van der Waals surface area contributed by atoms with Crippen molar-refractivity contribution < 1.29 is 4.79 Å². The van der Waals surface area contributed by atoms with Crippen LogP contribution in [0.3, 0.4) is 0 Å². The number of para-hydroxylation sites is 1. The van der Waals surface area contributed by atoms with Crippen LogP contribution in [0.25, 0.3) is 0 Å². The number of anilines is 2. The fourth-order valence-corrected chi connectivity index (χ4v) is 3.15. The summed E-state index contributed by atoms with van der Waals surface area (Å²) in [6, 6.07) is 6.17. The third kappa shape index (κ3) is 3.88. The van der Waals surface area contributed by atoms with Crippen LogP contribution in [-0.2, 0) is 0 Å². The van der Waals surface area contributed by atoms with Crippen LogP contribution in [0.4, 0.5) is 16.4 Å². The number of amides is 2. The first kappa shape index (κ1) is 17.0. The first-order valence-electron chi connectivity index (χ1n) is 6.67. The summed E-state index contributed by atoms with van der Waals surface area (Å²) in [5.74, 6) is 1.11. The molecule has 1 heterocycles. The molecule has 0 aliphatic carbocycles. The molecule has 0 radical (unpaired) electrons. The summed E-state index contributed by atoms with van der Waals surface area (Å²) >= 11 is 11.9. The number of nitrogens with two attached hydrogens (primary N) is 1. The van der Waals surface area contributed by atoms with E-state index in [-0.39, 0.29) is 5.95 Å². The van der Waals surface area contributed by atoms with Crippen LogP contribution in [0.2, 0.25) is 5.02 Å². The van der Waals surface area contributed by atoms with Gasteiger partial charge < -0.3 is 5.73 Å². The number of aromatic nitrogens is 3. The first-order chi connectivity index (χ1) is 10.5. The maximum Gasteiger partial charge on any atom is 0.326 e. The van der Waals surface area contributed by atoms with Gasteiger partial charge in [0.25, 0.3) is 0 Å². The van der Waals surface area contributed by atoms with Gasteiger partial charge in [-0.15, -0.1) is 5.10 Å². The number of unbranched alkanes of at least 4 members (excludes halogenated alkanes) is 1. The summed E-state index contributed by atoms with van der Waals surface area (Å²) in [4.78, 5) is 17.4. The zero-order chi connectivity index (χ0) is 16.1. The Morgan fingerprint density at radius 1 is 1.50 bits per heavy atom. The lowest BCUT2D eigenvalue weighted by molar-refractivity contribution is 0.255. The normalized spacial score (nSPS) is 10.7. The Morgan fingerprint density at radius 3 is 2.86 bits per heavy atom. The highest BCUT2D eigenvalue weighted by atomic mass is 35.5. The predicted molar refractivity (Wildman–Crippen MR) is 93.2 cm³/mol. The Labute approximate surface area is 143 Å². The topological polar surface area (TPSA) is 77.0 Å². The molecule has 2 rings (SSSR count). The molecule has 9 heteroatoms. The summed E-state index contributed by atoms with van der Waals surface area (Å²) in [5.41, 5.74) is 5.91. The van der Waals surface area contributed by atoms with Crippen molar-refractivity contribution >= 4 is 53.8 Å². The molecule has 118 valence electrons. The second-order valence-corrected chi connectivity index (χ2v) is 6.26. The summed E-state index contributed by atoms with van der Waals surface area (Å²) in [6.45, 7) is 2.11. The van der Waals surface area contributed by atoms with E-state index >= 15 is 0 Å². The van der Waals surface area contributed by atoms with Crippen LogP contribution in [0, 0.1) is 0 Å². The van der Waals surface area contributed by atoms with E-state index in [4.69, 9.17) is 17.3 Å². The number of urea groups is 1. The second kappa shape index (κ2) is 7.75. The number of hydrogen-bond donors (Lipinski definition) is 2. The fraction of sp³-hybridized carbons (Fsp3) is 0.308. The molecule has 0 saturated carbocycles. The molecule has 2 aromatic rings. The predicted octanol–water partition coefficient (Wildman–Crippen LogP) is 3.73. The van der Waals surface area contributed by atoms with E-state index < -0.39 is 6.03 Å². The molecule has 0 fully saturated rings. The maximum atomic E-state index is 11.8. The summed E-state index contributed by atoms with van der Waals surface area (Å²) in [5, 5.41) is 5.11. The Hall–Kier alpha value is -1.38. The van der Waals surface area contributed by atoms with Crippen molar-refractivity contribution in [3.63, 3.8) is 0 Å². The summed E-state index contributed by atoms with van der Waals surface area (Å²) in [6.07, 6.45) is 2.15. The average molecular weight is 358 g/mol. The van der Waals surface area contributed by atoms with Gasteiger partial charge in [0.05, 0.1) is 10.7 Å². The molecule has 1 aromatic carbocycles. The Balaban J connectivity index is 2.34. The number of rotatable bonds is 6. The van der Waals surface area contributed by atoms with Crippen LogP contribution < -0.4 is 10.6 Å². The average Bonchev–Trinajstić information content (AvgIpc) is 2.82. The highest BCUT2D eigenvalue weighted by Gasteiger charge is 2.24. The van der Waals surface area contributed by atoms with E-state index in [1.807, 2.05) is 0 Å². The number of benzene rings is 1. The molecule has 0 saturated heterocycles. The fourth-order valence-electron chi connectivity index (χ4n) is 1.74. The number of carbonyl (C=O) groups excluding carboxylic acids is 1. The number of thiol groups is 1. The van der Waals surface area contributed by atoms with Crippen LogP contribution in [0.5, 0.6) is 0 Å². The van der Waals surface area contributed by atoms with Gasteiger partial charge in [0.1, 0.15) is 0 Å². The van der Waals surface area contributed by atoms with Gasteiger partial charge in [0.2, 0.25) is 11.1 Å². The van der Waals surface area contributed by atoms with Gasteiger partial charge in [0.15, 0.2) is 0 Å². The number of thioether (sulfide) groups is 1. The minimum absolute atomic E-state index is 0.211. The van der Waals surface area contributed by atoms with Gasteiger partial charge in [0, 0.05) is 5.75 Å². The monoisotopic (exact) mass is 357 g/mol. The Kier molecular flexibility index (Phi) is 5.98. The Bertz CT molecular complexity index is 664. The lowest BCUT2D eigenvalue weighted by Gasteiger charge is -2.19.